The predicted molar refractivity (Wildman–Crippen MR) is 80.2 cm³/mol. The molecule has 2 rings (SSSR count). The molecule has 3 heteroatoms. The van der Waals surface area contributed by atoms with Crippen LogP contribution in [0.3, 0.4) is 0 Å². The highest BCUT2D eigenvalue weighted by Gasteiger charge is 2.15. The molecule has 0 amide bonds. The monoisotopic (exact) mass is 260 g/mol. The summed E-state index contributed by atoms with van der Waals surface area (Å²) in [5, 5.41) is 4.64. The van der Waals surface area contributed by atoms with Crippen molar-refractivity contribution in [2.24, 2.45) is 0 Å². The molecule has 0 fully saturated rings. The van der Waals surface area contributed by atoms with Gasteiger partial charge in [-0.1, -0.05) is 25.1 Å². The molecule has 0 atom stereocenters. The molecule has 104 valence electrons. The quantitative estimate of drug-likeness (QED) is 0.863. The molecule has 2 aromatic rings. The summed E-state index contributed by atoms with van der Waals surface area (Å²) in [6.07, 6.45) is 0. The number of nitrogens with zero attached hydrogens (tertiary/aromatic N) is 1. The van der Waals surface area contributed by atoms with Crippen LogP contribution in [0, 0.1) is 0 Å². The molecule has 1 N–H and O–H groups in total. The molecule has 0 bridgehead atoms. The van der Waals surface area contributed by atoms with Crippen molar-refractivity contribution in [3.05, 3.63) is 35.6 Å². The van der Waals surface area contributed by atoms with Gasteiger partial charge in [-0.3, -0.25) is 4.90 Å². The van der Waals surface area contributed by atoms with E-state index in [9.17, 15) is 0 Å². The van der Waals surface area contributed by atoms with Crippen molar-refractivity contribution in [3.8, 4) is 0 Å². The number of hydrogen-bond acceptors (Lipinski definition) is 3. The van der Waals surface area contributed by atoms with Crippen LogP contribution in [0.15, 0.2) is 28.7 Å². The predicted octanol–water partition coefficient (Wildman–Crippen LogP) is 3.38. The lowest BCUT2D eigenvalue weighted by atomic mass is 10.1. The minimum atomic E-state index is 0.514. The maximum atomic E-state index is 6.04. The number of furan rings is 1. The zero-order chi connectivity index (χ0) is 13.8. The van der Waals surface area contributed by atoms with E-state index in [-0.39, 0.29) is 0 Å². The molecular weight excluding hydrogens is 236 g/mol. The summed E-state index contributed by atoms with van der Waals surface area (Å²) >= 11 is 0. The molecule has 0 unspecified atom stereocenters. The first-order valence-corrected chi connectivity index (χ1v) is 7.03. The third kappa shape index (κ3) is 3.17. The van der Waals surface area contributed by atoms with Gasteiger partial charge in [0.05, 0.1) is 6.54 Å². The maximum Gasteiger partial charge on any atom is 0.134 e. The minimum Gasteiger partial charge on any atom is -0.459 e. The second kappa shape index (κ2) is 6.22. The average Bonchev–Trinajstić information content (AvgIpc) is 2.73. The zero-order valence-electron chi connectivity index (χ0n) is 12.4. The van der Waals surface area contributed by atoms with E-state index in [1.165, 1.54) is 10.9 Å². The van der Waals surface area contributed by atoms with E-state index in [0.29, 0.717) is 6.04 Å². The molecular formula is C16H24N2O. The lowest BCUT2D eigenvalue weighted by molar-refractivity contribution is 0.245. The molecule has 1 aromatic heterocycles. The van der Waals surface area contributed by atoms with Gasteiger partial charge in [-0.2, -0.15) is 0 Å². The van der Waals surface area contributed by atoms with Crippen LogP contribution in [0.5, 0.6) is 0 Å². The Morgan fingerprint density at radius 2 is 2.00 bits per heavy atom. The highest BCUT2D eigenvalue weighted by Crippen LogP contribution is 2.27. The van der Waals surface area contributed by atoms with Gasteiger partial charge in [-0.15, -0.1) is 0 Å². The Labute approximate surface area is 115 Å². The van der Waals surface area contributed by atoms with Crippen molar-refractivity contribution >= 4 is 11.0 Å². The van der Waals surface area contributed by atoms with Crippen LogP contribution in [-0.4, -0.2) is 24.5 Å². The summed E-state index contributed by atoms with van der Waals surface area (Å²) in [6, 6.07) is 8.80. The van der Waals surface area contributed by atoms with E-state index >= 15 is 0 Å². The van der Waals surface area contributed by atoms with Gasteiger partial charge in [-0.05, 0) is 33.5 Å². The first-order chi connectivity index (χ1) is 9.13. The average molecular weight is 260 g/mol. The molecule has 0 spiro atoms. The molecule has 1 aromatic carbocycles. The third-order valence-corrected chi connectivity index (χ3v) is 3.61. The zero-order valence-corrected chi connectivity index (χ0v) is 12.4. The van der Waals surface area contributed by atoms with Crippen molar-refractivity contribution in [2.75, 3.05) is 13.6 Å². The Bertz CT molecular complexity index is 531. The van der Waals surface area contributed by atoms with Crippen molar-refractivity contribution in [3.63, 3.8) is 0 Å². The fourth-order valence-electron chi connectivity index (χ4n) is 2.13. The van der Waals surface area contributed by atoms with Crippen LogP contribution in [0.4, 0.5) is 0 Å². The maximum absolute atomic E-state index is 6.04. The first kappa shape index (κ1) is 14.1. The van der Waals surface area contributed by atoms with Gasteiger partial charge in [0, 0.05) is 23.5 Å². The van der Waals surface area contributed by atoms with Crippen LogP contribution in [0.25, 0.3) is 11.0 Å². The standard InChI is InChI=1S/C16H24N2O/c1-5-17-10-14-13-8-6-7-9-15(13)19-16(14)11-18(4)12(2)3/h6-9,12,17H,5,10-11H2,1-4H3. The summed E-state index contributed by atoms with van der Waals surface area (Å²) in [5.41, 5.74) is 2.28. The first-order valence-electron chi connectivity index (χ1n) is 7.03. The Kier molecular flexibility index (Phi) is 4.61. The second-order valence-corrected chi connectivity index (χ2v) is 5.29. The third-order valence-electron chi connectivity index (χ3n) is 3.61. The van der Waals surface area contributed by atoms with Gasteiger partial charge in [0.25, 0.3) is 0 Å². The number of para-hydroxylation sites is 1. The van der Waals surface area contributed by atoms with Crippen molar-refractivity contribution < 1.29 is 4.42 Å². The number of benzene rings is 1. The fourth-order valence-corrected chi connectivity index (χ4v) is 2.13. The summed E-state index contributed by atoms with van der Waals surface area (Å²) < 4.78 is 6.04. The van der Waals surface area contributed by atoms with Crippen molar-refractivity contribution in [1.82, 2.24) is 10.2 Å². The van der Waals surface area contributed by atoms with Crippen LogP contribution in [0.2, 0.25) is 0 Å². The number of rotatable bonds is 6. The Hall–Kier alpha value is -1.32. The molecule has 19 heavy (non-hydrogen) atoms. The molecule has 0 saturated heterocycles. The second-order valence-electron chi connectivity index (χ2n) is 5.29. The van der Waals surface area contributed by atoms with Crippen LogP contribution < -0.4 is 5.32 Å². The SMILES string of the molecule is CCNCc1c(CN(C)C(C)C)oc2ccccc12. The lowest BCUT2D eigenvalue weighted by Gasteiger charge is -2.20. The van der Waals surface area contributed by atoms with Gasteiger partial charge in [0.2, 0.25) is 0 Å². The van der Waals surface area contributed by atoms with Gasteiger partial charge in [0.1, 0.15) is 11.3 Å². The van der Waals surface area contributed by atoms with E-state index in [1.54, 1.807) is 0 Å². The van der Waals surface area contributed by atoms with Gasteiger partial charge >= 0.3 is 0 Å². The smallest absolute Gasteiger partial charge is 0.134 e. The van der Waals surface area contributed by atoms with Gasteiger partial charge < -0.3 is 9.73 Å². The molecule has 0 saturated carbocycles. The molecule has 0 aliphatic carbocycles. The molecule has 0 radical (unpaired) electrons. The Balaban J connectivity index is 2.35. The summed E-state index contributed by atoms with van der Waals surface area (Å²) in [5.74, 6) is 1.08. The van der Waals surface area contributed by atoms with E-state index in [0.717, 1.165) is 31.0 Å². The highest BCUT2D eigenvalue weighted by atomic mass is 16.3. The van der Waals surface area contributed by atoms with E-state index in [4.69, 9.17) is 4.42 Å². The highest BCUT2D eigenvalue weighted by molar-refractivity contribution is 5.82. The minimum absolute atomic E-state index is 0.514. The normalized spacial score (nSPS) is 11.9. The van der Waals surface area contributed by atoms with Crippen LogP contribution in [0.1, 0.15) is 32.1 Å². The van der Waals surface area contributed by atoms with Crippen LogP contribution >= 0.6 is 0 Å². The van der Waals surface area contributed by atoms with Crippen molar-refractivity contribution in [1.29, 1.82) is 0 Å². The molecule has 0 aliphatic rings. The van der Waals surface area contributed by atoms with Crippen molar-refractivity contribution in [2.45, 2.75) is 39.9 Å². The topological polar surface area (TPSA) is 28.4 Å². The molecule has 1 heterocycles. The fraction of sp³-hybridized carbons (Fsp3) is 0.500. The molecule has 3 nitrogen and oxygen atoms in total. The number of hydrogen-bond donors (Lipinski definition) is 1. The number of nitrogens with one attached hydrogen (secondary N) is 1. The largest absolute Gasteiger partial charge is 0.459 e. The van der Waals surface area contributed by atoms with E-state index in [1.807, 2.05) is 12.1 Å². The molecule has 0 aliphatic heterocycles. The van der Waals surface area contributed by atoms with E-state index in [2.05, 4.69) is 50.2 Å². The summed E-state index contributed by atoms with van der Waals surface area (Å²) in [7, 11) is 2.13. The van der Waals surface area contributed by atoms with Crippen LogP contribution in [-0.2, 0) is 13.1 Å². The Morgan fingerprint density at radius 3 is 2.68 bits per heavy atom. The van der Waals surface area contributed by atoms with E-state index < -0.39 is 0 Å². The number of fused-ring (bicyclic) bond motifs is 1. The summed E-state index contributed by atoms with van der Waals surface area (Å²) in [6.45, 7) is 9.22. The van der Waals surface area contributed by atoms with Gasteiger partial charge in [0.15, 0.2) is 0 Å². The summed E-state index contributed by atoms with van der Waals surface area (Å²) in [4.78, 5) is 2.30. The lowest BCUT2D eigenvalue weighted by Crippen LogP contribution is -2.26. The Morgan fingerprint density at radius 1 is 1.26 bits per heavy atom. The van der Waals surface area contributed by atoms with Gasteiger partial charge in [-0.25, -0.2) is 0 Å².